The van der Waals surface area contributed by atoms with Gasteiger partial charge >= 0.3 is 11.9 Å². The molecule has 0 heterocycles. The van der Waals surface area contributed by atoms with Crippen molar-refractivity contribution in [3.63, 3.8) is 0 Å². The zero-order chi connectivity index (χ0) is 11.4. The number of methoxy groups -OCH3 is 1. The average molecular weight is 228 g/mol. The Balaban J connectivity index is 2.85. The Bertz CT molecular complexity index is 404. The zero-order valence-electron chi connectivity index (χ0n) is 8.33. The first-order valence-corrected chi connectivity index (χ1v) is 4.58. The summed E-state index contributed by atoms with van der Waals surface area (Å²) in [5, 5.41) is 2.89. The highest BCUT2D eigenvalue weighted by atomic mass is 35.5. The van der Waals surface area contributed by atoms with Crippen LogP contribution >= 0.6 is 11.6 Å². The molecule has 0 aliphatic heterocycles. The van der Waals surface area contributed by atoms with Gasteiger partial charge in [0.1, 0.15) is 0 Å². The number of carbonyl (C=O) groups excluding carboxylic acids is 2. The van der Waals surface area contributed by atoms with E-state index in [1.807, 2.05) is 0 Å². The van der Waals surface area contributed by atoms with Crippen molar-refractivity contribution in [2.75, 3.05) is 12.4 Å². The van der Waals surface area contributed by atoms with E-state index < -0.39 is 11.9 Å². The lowest BCUT2D eigenvalue weighted by molar-refractivity contribution is -0.150. The van der Waals surface area contributed by atoms with Crippen LogP contribution < -0.4 is 5.32 Å². The van der Waals surface area contributed by atoms with E-state index in [9.17, 15) is 9.59 Å². The Morgan fingerprint density at radius 2 is 2.07 bits per heavy atom. The van der Waals surface area contributed by atoms with E-state index in [2.05, 4.69) is 10.1 Å². The lowest BCUT2D eigenvalue weighted by atomic mass is 10.2. The van der Waals surface area contributed by atoms with Crippen molar-refractivity contribution in [2.24, 2.45) is 0 Å². The minimum atomic E-state index is -0.936. The molecule has 0 aliphatic rings. The molecule has 80 valence electrons. The summed E-state index contributed by atoms with van der Waals surface area (Å²) in [6.45, 7) is 1.79. The fourth-order valence-electron chi connectivity index (χ4n) is 0.995. The molecule has 4 nitrogen and oxygen atoms in total. The number of benzene rings is 1. The van der Waals surface area contributed by atoms with Crippen molar-refractivity contribution in [1.29, 1.82) is 0 Å². The van der Waals surface area contributed by atoms with E-state index in [4.69, 9.17) is 11.6 Å². The molecule has 0 atom stereocenters. The molecular formula is C10H10ClNO3. The number of amides is 1. The topological polar surface area (TPSA) is 55.4 Å². The monoisotopic (exact) mass is 227 g/mol. The fraction of sp³-hybridized carbons (Fsp3) is 0.200. The van der Waals surface area contributed by atoms with Gasteiger partial charge in [-0.2, -0.15) is 0 Å². The maximum atomic E-state index is 11.2. The van der Waals surface area contributed by atoms with Crippen LogP contribution in [0.5, 0.6) is 0 Å². The quantitative estimate of drug-likeness (QED) is 0.588. The second kappa shape index (κ2) is 4.79. The molecule has 1 aromatic rings. The van der Waals surface area contributed by atoms with E-state index in [0.717, 1.165) is 12.7 Å². The van der Waals surface area contributed by atoms with Gasteiger partial charge in [-0.05, 0) is 24.6 Å². The van der Waals surface area contributed by atoms with E-state index in [1.54, 1.807) is 25.1 Å². The van der Waals surface area contributed by atoms with Gasteiger partial charge in [-0.1, -0.05) is 17.7 Å². The molecule has 0 aromatic heterocycles. The molecule has 1 amide bonds. The Kier molecular flexibility index (Phi) is 3.68. The molecule has 0 fully saturated rings. The SMILES string of the molecule is COC(=O)C(=O)Nc1cc(Cl)ccc1C. The van der Waals surface area contributed by atoms with E-state index in [0.29, 0.717) is 10.7 Å². The van der Waals surface area contributed by atoms with Crippen LogP contribution in [-0.4, -0.2) is 19.0 Å². The number of carbonyl (C=O) groups is 2. The van der Waals surface area contributed by atoms with Crippen LogP contribution in [0.3, 0.4) is 0 Å². The highest BCUT2D eigenvalue weighted by molar-refractivity contribution is 6.37. The molecule has 1 aromatic carbocycles. The number of ether oxygens (including phenoxy) is 1. The van der Waals surface area contributed by atoms with Crippen LogP contribution in [0.1, 0.15) is 5.56 Å². The molecule has 1 rings (SSSR count). The molecule has 1 N–H and O–H groups in total. The third kappa shape index (κ3) is 2.95. The highest BCUT2D eigenvalue weighted by Gasteiger charge is 2.14. The molecule has 5 heteroatoms. The largest absolute Gasteiger partial charge is 0.462 e. The highest BCUT2D eigenvalue weighted by Crippen LogP contribution is 2.19. The van der Waals surface area contributed by atoms with Gasteiger partial charge in [0.25, 0.3) is 0 Å². The number of anilines is 1. The molecule has 0 spiro atoms. The average Bonchev–Trinajstić information content (AvgIpc) is 2.22. The normalized spacial score (nSPS) is 9.53. The van der Waals surface area contributed by atoms with Gasteiger partial charge in [0.2, 0.25) is 0 Å². The molecule has 0 saturated carbocycles. The third-order valence-electron chi connectivity index (χ3n) is 1.82. The first-order chi connectivity index (χ1) is 7.04. The van der Waals surface area contributed by atoms with Gasteiger partial charge in [-0.25, -0.2) is 4.79 Å². The van der Waals surface area contributed by atoms with Crippen LogP contribution in [-0.2, 0) is 14.3 Å². The van der Waals surface area contributed by atoms with Crippen molar-refractivity contribution in [3.05, 3.63) is 28.8 Å². The Labute approximate surface area is 92.2 Å². The number of aryl methyl sites for hydroxylation is 1. The summed E-state index contributed by atoms with van der Waals surface area (Å²) >= 11 is 5.75. The first kappa shape index (κ1) is 11.5. The van der Waals surface area contributed by atoms with E-state index in [-0.39, 0.29) is 0 Å². The van der Waals surface area contributed by atoms with Crippen molar-refractivity contribution < 1.29 is 14.3 Å². The summed E-state index contributed by atoms with van der Waals surface area (Å²) in [5.41, 5.74) is 1.31. The Morgan fingerprint density at radius 1 is 1.40 bits per heavy atom. The van der Waals surface area contributed by atoms with Gasteiger partial charge in [-0.15, -0.1) is 0 Å². The molecule has 0 aliphatic carbocycles. The maximum Gasteiger partial charge on any atom is 0.396 e. The van der Waals surface area contributed by atoms with Crippen LogP contribution in [0, 0.1) is 6.92 Å². The van der Waals surface area contributed by atoms with Gasteiger partial charge in [0.05, 0.1) is 7.11 Å². The number of hydrogen-bond acceptors (Lipinski definition) is 3. The maximum absolute atomic E-state index is 11.2. The fourth-order valence-corrected chi connectivity index (χ4v) is 1.17. The van der Waals surface area contributed by atoms with E-state index >= 15 is 0 Å². The van der Waals surface area contributed by atoms with Crippen molar-refractivity contribution >= 4 is 29.2 Å². The van der Waals surface area contributed by atoms with E-state index in [1.165, 1.54) is 0 Å². The second-order valence-electron chi connectivity index (χ2n) is 2.90. The molecule has 0 saturated heterocycles. The minimum Gasteiger partial charge on any atom is -0.462 e. The first-order valence-electron chi connectivity index (χ1n) is 4.20. The second-order valence-corrected chi connectivity index (χ2v) is 3.34. The van der Waals surface area contributed by atoms with Crippen LogP contribution in [0.2, 0.25) is 5.02 Å². The van der Waals surface area contributed by atoms with Crippen molar-refractivity contribution in [2.45, 2.75) is 6.92 Å². The number of rotatable bonds is 1. The zero-order valence-corrected chi connectivity index (χ0v) is 9.09. The molecule has 0 unspecified atom stereocenters. The minimum absolute atomic E-state index is 0.487. The molecule has 15 heavy (non-hydrogen) atoms. The summed E-state index contributed by atoms with van der Waals surface area (Å²) in [6, 6.07) is 5.01. The molecule has 0 bridgehead atoms. The number of esters is 1. The van der Waals surface area contributed by atoms with Crippen LogP contribution in [0.4, 0.5) is 5.69 Å². The summed E-state index contributed by atoms with van der Waals surface area (Å²) in [7, 11) is 1.15. The molecular weight excluding hydrogens is 218 g/mol. The summed E-state index contributed by atoms with van der Waals surface area (Å²) < 4.78 is 4.27. The summed E-state index contributed by atoms with van der Waals surface area (Å²) in [6.07, 6.45) is 0. The van der Waals surface area contributed by atoms with Gasteiger partial charge in [0.15, 0.2) is 0 Å². The van der Waals surface area contributed by atoms with Crippen molar-refractivity contribution in [3.8, 4) is 0 Å². The standard InChI is InChI=1S/C10H10ClNO3/c1-6-3-4-7(11)5-8(6)12-9(13)10(14)15-2/h3-5H,1-2H3,(H,12,13). The smallest absolute Gasteiger partial charge is 0.396 e. The van der Waals surface area contributed by atoms with Gasteiger partial charge in [0, 0.05) is 10.7 Å². The van der Waals surface area contributed by atoms with Crippen LogP contribution in [0.25, 0.3) is 0 Å². The summed E-state index contributed by atoms with van der Waals surface area (Å²) in [4.78, 5) is 22.0. The lowest BCUT2D eigenvalue weighted by Crippen LogP contribution is -2.24. The number of halogens is 1. The molecule has 0 radical (unpaired) electrons. The summed E-state index contributed by atoms with van der Waals surface area (Å²) in [5.74, 6) is -1.75. The predicted molar refractivity (Wildman–Crippen MR) is 56.8 cm³/mol. The van der Waals surface area contributed by atoms with Gasteiger partial charge in [-0.3, -0.25) is 4.79 Å². The third-order valence-corrected chi connectivity index (χ3v) is 2.05. The number of nitrogens with one attached hydrogen (secondary N) is 1. The Hall–Kier alpha value is -1.55. The number of hydrogen-bond donors (Lipinski definition) is 1. The van der Waals surface area contributed by atoms with Gasteiger partial charge < -0.3 is 10.1 Å². The lowest BCUT2D eigenvalue weighted by Gasteiger charge is -2.07. The predicted octanol–water partition coefficient (Wildman–Crippen LogP) is 1.76. The Morgan fingerprint density at radius 3 is 2.67 bits per heavy atom. The van der Waals surface area contributed by atoms with Crippen LogP contribution in [0.15, 0.2) is 18.2 Å². The van der Waals surface area contributed by atoms with Crippen molar-refractivity contribution in [1.82, 2.24) is 0 Å².